The molecule has 1 atom stereocenters. The lowest BCUT2D eigenvalue weighted by Gasteiger charge is -2.22. The van der Waals surface area contributed by atoms with Gasteiger partial charge in [0, 0.05) is 24.8 Å². The first-order chi connectivity index (χ1) is 14.2. The molecular formula is C20H22F3N5O2. The van der Waals surface area contributed by atoms with E-state index in [1.165, 1.54) is 23.0 Å². The molecule has 10 heteroatoms. The highest BCUT2D eigenvalue weighted by molar-refractivity contribution is 5.91. The van der Waals surface area contributed by atoms with Gasteiger partial charge in [0.05, 0.1) is 30.1 Å². The van der Waals surface area contributed by atoms with Crippen LogP contribution in [-0.4, -0.2) is 44.3 Å². The molecule has 1 N–H and O–H groups in total. The van der Waals surface area contributed by atoms with Crippen LogP contribution in [0.15, 0.2) is 35.5 Å². The fourth-order valence-electron chi connectivity index (χ4n) is 3.13. The lowest BCUT2D eigenvalue weighted by molar-refractivity contribution is -0.141. The van der Waals surface area contributed by atoms with Crippen LogP contribution in [0.25, 0.3) is 22.2 Å². The highest BCUT2D eigenvalue weighted by Gasteiger charge is 2.32. The van der Waals surface area contributed by atoms with Gasteiger partial charge in [-0.2, -0.15) is 13.2 Å². The monoisotopic (exact) mass is 421 g/mol. The smallest absolute Gasteiger partial charge is 0.394 e. The summed E-state index contributed by atoms with van der Waals surface area (Å²) in [7, 11) is 0. The SMILES string of the molecule is CCN(CC)c1nc(-c2ccc(C(F)(F)F)nc2)cc2c(=O)n(C(C)CO)cnc12. The number of hydrogen-bond donors (Lipinski definition) is 1. The van der Waals surface area contributed by atoms with E-state index in [1.807, 2.05) is 18.7 Å². The van der Waals surface area contributed by atoms with Crippen LogP contribution in [0.1, 0.15) is 32.5 Å². The molecule has 0 amide bonds. The van der Waals surface area contributed by atoms with Gasteiger partial charge in [-0.05, 0) is 39.0 Å². The molecule has 0 aliphatic carbocycles. The molecule has 1 unspecified atom stereocenters. The lowest BCUT2D eigenvalue weighted by Crippen LogP contribution is -2.28. The minimum atomic E-state index is -4.54. The van der Waals surface area contributed by atoms with E-state index < -0.39 is 17.9 Å². The number of alkyl halides is 3. The Bertz CT molecular complexity index is 1090. The third-order valence-electron chi connectivity index (χ3n) is 4.90. The Morgan fingerprint density at radius 1 is 1.20 bits per heavy atom. The Hall–Kier alpha value is -3.01. The standard InChI is InChI=1S/C20H22F3N5O2/c1-4-27(5-2)18-17-14(19(30)28(11-25-17)12(3)10-29)8-15(26-18)13-6-7-16(24-9-13)20(21,22)23/h6-9,11-12,29H,4-5,10H2,1-3H3. The number of pyridine rings is 2. The van der Waals surface area contributed by atoms with Gasteiger partial charge < -0.3 is 10.0 Å². The molecule has 0 bridgehead atoms. The number of fused-ring (bicyclic) bond motifs is 1. The summed E-state index contributed by atoms with van der Waals surface area (Å²) in [5.74, 6) is 0.466. The topological polar surface area (TPSA) is 84.1 Å². The highest BCUT2D eigenvalue weighted by atomic mass is 19.4. The van der Waals surface area contributed by atoms with Crippen molar-refractivity contribution in [1.82, 2.24) is 19.5 Å². The molecule has 3 aromatic rings. The molecular weight excluding hydrogens is 399 g/mol. The van der Waals surface area contributed by atoms with Crippen LogP contribution >= 0.6 is 0 Å². The number of rotatable bonds is 6. The molecule has 0 fully saturated rings. The van der Waals surface area contributed by atoms with Gasteiger partial charge in [-0.15, -0.1) is 0 Å². The van der Waals surface area contributed by atoms with Crippen LogP contribution in [0, 0.1) is 0 Å². The fourth-order valence-corrected chi connectivity index (χ4v) is 3.13. The van der Waals surface area contributed by atoms with E-state index in [0.717, 1.165) is 12.3 Å². The van der Waals surface area contributed by atoms with Crippen molar-refractivity contribution in [2.24, 2.45) is 0 Å². The van der Waals surface area contributed by atoms with E-state index in [0.29, 0.717) is 35.7 Å². The van der Waals surface area contributed by atoms with Gasteiger partial charge in [0.25, 0.3) is 5.56 Å². The van der Waals surface area contributed by atoms with E-state index in [1.54, 1.807) is 6.92 Å². The predicted octanol–water partition coefficient (Wildman–Crippen LogP) is 3.27. The lowest BCUT2D eigenvalue weighted by atomic mass is 10.1. The van der Waals surface area contributed by atoms with E-state index in [-0.39, 0.29) is 17.6 Å². The molecule has 0 saturated carbocycles. The van der Waals surface area contributed by atoms with Gasteiger partial charge in [-0.1, -0.05) is 0 Å². The van der Waals surface area contributed by atoms with Crippen molar-refractivity contribution in [1.29, 1.82) is 0 Å². The Kier molecular flexibility index (Phi) is 6.06. The van der Waals surface area contributed by atoms with Crippen molar-refractivity contribution >= 4 is 16.7 Å². The zero-order chi connectivity index (χ0) is 22.1. The Morgan fingerprint density at radius 3 is 2.43 bits per heavy atom. The predicted molar refractivity (Wildman–Crippen MR) is 107 cm³/mol. The minimum absolute atomic E-state index is 0.239. The quantitative estimate of drug-likeness (QED) is 0.658. The first kappa shape index (κ1) is 21.7. The molecule has 30 heavy (non-hydrogen) atoms. The average Bonchev–Trinajstić information content (AvgIpc) is 2.74. The van der Waals surface area contributed by atoms with Crippen LogP contribution in [-0.2, 0) is 6.18 Å². The number of hydrogen-bond acceptors (Lipinski definition) is 6. The maximum atomic E-state index is 13.1. The first-order valence-corrected chi connectivity index (χ1v) is 9.52. The molecule has 160 valence electrons. The van der Waals surface area contributed by atoms with Crippen molar-refractivity contribution in [3.63, 3.8) is 0 Å². The van der Waals surface area contributed by atoms with Crippen LogP contribution in [0.4, 0.5) is 19.0 Å². The van der Waals surface area contributed by atoms with Gasteiger partial charge >= 0.3 is 6.18 Å². The number of nitrogens with zero attached hydrogens (tertiary/aromatic N) is 5. The third kappa shape index (κ3) is 4.00. The summed E-state index contributed by atoms with van der Waals surface area (Å²) >= 11 is 0. The average molecular weight is 421 g/mol. The molecule has 3 aromatic heterocycles. The van der Waals surface area contributed by atoms with Crippen LogP contribution in [0.3, 0.4) is 0 Å². The number of aliphatic hydroxyl groups is 1. The fraction of sp³-hybridized carbons (Fsp3) is 0.400. The van der Waals surface area contributed by atoms with Crippen LogP contribution in [0.5, 0.6) is 0 Å². The Balaban J connectivity index is 2.26. The maximum absolute atomic E-state index is 13.1. The minimum Gasteiger partial charge on any atom is -0.394 e. The molecule has 0 radical (unpaired) electrons. The van der Waals surface area contributed by atoms with Gasteiger partial charge in [0.2, 0.25) is 0 Å². The summed E-state index contributed by atoms with van der Waals surface area (Å²) in [6, 6.07) is 3.19. The Labute approximate surface area is 170 Å². The summed E-state index contributed by atoms with van der Waals surface area (Å²) in [4.78, 5) is 27.4. The van der Waals surface area contributed by atoms with Crippen molar-refractivity contribution in [3.05, 3.63) is 46.8 Å². The van der Waals surface area contributed by atoms with E-state index in [9.17, 15) is 23.1 Å². The molecule has 3 heterocycles. The molecule has 0 aliphatic rings. The van der Waals surface area contributed by atoms with Crippen LogP contribution < -0.4 is 10.5 Å². The molecule has 0 aromatic carbocycles. The van der Waals surface area contributed by atoms with E-state index >= 15 is 0 Å². The highest BCUT2D eigenvalue weighted by Crippen LogP contribution is 2.30. The molecule has 0 saturated heterocycles. The summed E-state index contributed by atoms with van der Waals surface area (Å²) in [6.07, 6.45) is -2.08. The normalized spacial score (nSPS) is 12.9. The van der Waals surface area contributed by atoms with E-state index in [2.05, 4.69) is 15.0 Å². The van der Waals surface area contributed by atoms with Crippen molar-refractivity contribution in [2.75, 3.05) is 24.6 Å². The zero-order valence-corrected chi connectivity index (χ0v) is 16.8. The van der Waals surface area contributed by atoms with Crippen molar-refractivity contribution in [2.45, 2.75) is 33.0 Å². The number of aromatic nitrogens is 4. The largest absolute Gasteiger partial charge is 0.433 e. The van der Waals surface area contributed by atoms with Gasteiger partial charge in [-0.25, -0.2) is 9.97 Å². The third-order valence-corrected chi connectivity index (χ3v) is 4.90. The molecule has 0 spiro atoms. The Morgan fingerprint density at radius 2 is 1.90 bits per heavy atom. The summed E-state index contributed by atoms with van der Waals surface area (Å²) < 4.78 is 39.8. The second kappa shape index (κ2) is 8.39. The van der Waals surface area contributed by atoms with Crippen molar-refractivity contribution in [3.8, 4) is 11.3 Å². The summed E-state index contributed by atoms with van der Waals surface area (Å²) in [5.41, 5.74) is -0.300. The number of anilines is 1. The summed E-state index contributed by atoms with van der Waals surface area (Å²) in [5, 5.41) is 9.69. The second-order valence-electron chi connectivity index (χ2n) is 6.82. The summed E-state index contributed by atoms with van der Waals surface area (Å²) in [6.45, 7) is 6.51. The zero-order valence-electron chi connectivity index (χ0n) is 16.8. The molecule has 0 aliphatic heterocycles. The van der Waals surface area contributed by atoms with E-state index in [4.69, 9.17) is 0 Å². The number of halogens is 3. The van der Waals surface area contributed by atoms with Gasteiger partial charge in [0.1, 0.15) is 11.2 Å². The maximum Gasteiger partial charge on any atom is 0.433 e. The molecule has 7 nitrogen and oxygen atoms in total. The first-order valence-electron chi connectivity index (χ1n) is 9.52. The number of aliphatic hydroxyl groups excluding tert-OH is 1. The van der Waals surface area contributed by atoms with Crippen LogP contribution in [0.2, 0.25) is 0 Å². The second-order valence-corrected chi connectivity index (χ2v) is 6.82. The van der Waals surface area contributed by atoms with Gasteiger partial charge in [-0.3, -0.25) is 14.3 Å². The van der Waals surface area contributed by atoms with Crippen molar-refractivity contribution < 1.29 is 18.3 Å². The molecule has 3 rings (SSSR count). The van der Waals surface area contributed by atoms with Gasteiger partial charge in [0.15, 0.2) is 5.82 Å².